The van der Waals surface area contributed by atoms with Crippen molar-refractivity contribution in [2.45, 2.75) is 33.2 Å². The van der Waals surface area contributed by atoms with Crippen LogP contribution in [0.2, 0.25) is 0 Å². The van der Waals surface area contributed by atoms with Gasteiger partial charge < -0.3 is 10.4 Å². The summed E-state index contributed by atoms with van der Waals surface area (Å²) in [5.41, 5.74) is -2.30. The number of carbonyl (C=O) groups is 1. The predicted molar refractivity (Wildman–Crippen MR) is 77.7 cm³/mol. The number of hydrogen-bond acceptors (Lipinski definition) is 5. The molecule has 8 heteroatoms. The third-order valence-electron chi connectivity index (χ3n) is 3.56. The largest absolute Gasteiger partial charge is 0.481 e. The molecular weight excluding hydrogens is 330 g/mol. The third kappa shape index (κ3) is 3.06. The van der Waals surface area contributed by atoms with Crippen molar-refractivity contribution >= 4 is 33.4 Å². The first-order chi connectivity index (χ1) is 8.99. The summed E-state index contributed by atoms with van der Waals surface area (Å²) < 4.78 is 0.477. The summed E-state index contributed by atoms with van der Waals surface area (Å²) in [5.74, 6) is -0.965. The van der Waals surface area contributed by atoms with Crippen molar-refractivity contribution in [2.75, 3.05) is 5.32 Å². The van der Waals surface area contributed by atoms with Crippen LogP contribution in [0.1, 0.15) is 27.7 Å². The SMILES string of the molecule is CC(C)(Nc1ncc(Br)cc1[N+](=O)[O-])C(C)(C)C(=O)O. The summed E-state index contributed by atoms with van der Waals surface area (Å²) in [5, 5.41) is 23.2. The molecule has 0 radical (unpaired) electrons. The Kier molecular flexibility index (Phi) is 4.38. The molecule has 1 rings (SSSR count). The van der Waals surface area contributed by atoms with Crippen LogP contribution in [0.5, 0.6) is 0 Å². The summed E-state index contributed by atoms with van der Waals surface area (Å²) in [4.78, 5) is 25.8. The topological polar surface area (TPSA) is 105 Å². The maximum Gasteiger partial charge on any atom is 0.312 e. The highest BCUT2D eigenvalue weighted by molar-refractivity contribution is 9.10. The maximum absolute atomic E-state index is 11.3. The number of hydrogen-bond donors (Lipinski definition) is 2. The van der Waals surface area contributed by atoms with Crippen LogP contribution in [0.3, 0.4) is 0 Å². The van der Waals surface area contributed by atoms with Gasteiger partial charge in [0.2, 0.25) is 5.82 Å². The zero-order valence-corrected chi connectivity index (χ0v) is 13.2. The van der Waals surface area contributed by atoms with Gasteiger partial charge in [0, 0.05) is 22.3 Å². The van der Waals surface area contributed by atoms with E-state index in [1.165, 1.54) is 12.3 Å². The number of carboxylic acids is 1. The van der Waals surface area contributed by atoms with E-state index in [1.807, 2.05) is 0 Å². The van der Waals surface area contributed by atoms with Crippen molar-refractivity contribution in [1.82, 2.24) is 4.98 Å². The first kappa shape index (κ1) is 16.4. The van der Waals surface area contributed by atoms with Crippen molar-refractivity contribution in [3.05, 3.63) is 26.9 Å². The molecule has 0 spiro atoms. The van der Waals surface area contributed by atoms with Gasteiger partial charge in [-0.05, 0) is 43.6 Å². The number of anilines is 1. The van der Waals surface area contributed by atoms with Gasteiger partial charge in [0.15, 0.2) is 0 Å². The average Bonchev–Trinajstić information content (AvgIpc) is 2.30. The molecule has 0 unspecified atom stereocenters. The van der Waals surface area contributed by atoms with E-state index < -0.39 is 21.8 Å². The average molecular weight is 346 g/mol. The van der Waals surface area contributed by atoms with Gasteiger partial charge in [-0.15, -0.1) is 0 Å². The van der Waals surface area contributed by atoms with Crippen LogP contribution in [0, 0.1) is 15.5 Å². The molecule has 0 fully saturated rings. The van der Waals surface area contributed by atoms with E-state index in [4.69, 9.17) is 0 Å². The first-order valence-corrected chi connectivity index (χ1v) is 6.60. The molecule has 0 atom stereocenters. The van der Waals surface area contributed by atoms with Crippen LogP contribution < -0.4 is 5.32 Å². The third-order valence-corrected chi connectivity index (χ3v) is 3.99. The summed E-state index contributed by atoms with van der Waals surface area (Å²) in [6.07, 6.45) is 1.42. The highest BCUT2D eigenvalue weighted by Gasteiger charge is 2.44. The van der Waals surface area contributed by atoms with Crippen molar-refractivity contribution in [3.63, 3.8) is 0 Å². The number of nitrogens with zero attached hydrogens (tertiary/aromatic N) is 2. The van der Waals surface area contributed by atoms with Crippen LogP contribution in [-0.2, 0) is 4.79 Å². The molecule has 0 amide bonds. The quantitative estimate of drug-likeness (QED) is 0.627. The zero-order chi connectivity index (χ0) is 15.7. The number of aromatic nitrogens is 1. The number of nitro groups is 1. The lowest BCUT2D eigenvalue weighted by Gasteiger charge is -2.39. The highest BCUT2D eigenvalue weighted by Crippen LogP contribution is 2.36. The van der Waals surface area contributed by atoms with Gasteiger partial charge >= 0.3 is 11.7 Å². The number of nitrogens with one attached hydrogen (secondary N) is 1. The minimum atomic E-state index is -1.14. The molecule has 0 saturated carbocycles. The minimum Gasteiger partial charge on any atom is -0.481 e. The molecule has 0 aliphatic rings. The molecule has 0 aliphatic heterocycles. The van der Waals surface area contributed by atoms with Crippen LogP contribution in [0.25, 0.3) is 0 Å². The second-order valence-corrected chi connectivity index (χ2v) is 6.37. The number of aliphatic carboxylic acids is 1. The monoisotopic (exact) mass is 345 g/mol. The molecular formula is C12H16BrN3O4. The molecule has 0 aromatic carbocycles. The molecule has 1 aromatic heterocycles. The molecule has 0 saturated heterocycles. The summed E-state index contributed by atoms with van der Waals surface area (Å²) in [7, 11) is 0. The van der Waals surface area contributed by atoms with Gasteiger partial charge in [-0.25, -0.2) is 4.98 Å². The molecule has 0 aliphatic carbocycles. The van der Waals surface area contributed by atoms with Gasteiger partial charge in [0.05, 0.1) is 10.3 Å². The molecule has 0 bridgehead atoms. The lowest BCUT2D eigenvalue weighted by atomic mass is 9.74. The number of halogens is 1. The summed E-state index contributed by atoms with van der Waals surface area (Å²) in [6, 6.07) is 1.32. The number of carboxylic acid groups (broad SMARTS) is 1. The molecule has 1 aromatic rings. The van der Waals surface area contributed by atoms with Gasteiger partial charge in [0.1, 0.15) is 0 Å². The van der Waals surface area contributed by atoms with Gasteiger partial charge in [-0.2, -0.15) is 0 Å². The molecule has 7 nitrogen and oxygen atoms in total. The Hall–Kier alpha value is -1.70. The Morgan fingerprint density at radius 1 is 1.45 bits per heavy atom. The van der Waals surface area contributed by atoms with Crippen LogP contribution >= 0.6 is 15.9 Å². The first-order valence-electron chi connectivity index (χ1n) is 5.80. The Bertz CT molecular complexity index is 558. The number of rotatable bonds is 5. The maximum atomic E-state index is 11.3. The fraction of sp³-hybridized carbons (Fsp3) is 0.500. The Balaban J connectivity index is 3.22. The Morgan fingerprint density at radius 3 is 2.45 bits per heavy atom. The smallest absolute Gasteiger partial charge is 0.312 e. The van der Waals surface area contributed by atoms with E-state index in [0.29, 0.717) is 4.47 Å². The Labute approximate surface area is 124 Å². The second kappa shape index (κ2) is 5.35. The van der Waals surface area contributed by atoms with E-state index >= 15 is 0 Å². The highest BCUT2D eigenvalue weighted by atomic mass is 79.9. The van der Waals surface area contributed by atoms with Crippen molar-refractivity contribution in [2.24, 2.45) is 5.41 Å². The van der Waals surface area contributed by atoms with Gasteiger partial charge in [-0.1, -0.05) is 0 Å². The van der Waals surface area contributed by atoms with E-state index in [1.54, 1.807) is 27.7 Å². The second-order valence-electron chi connectivity index (χ2n) is 5.46. The van der Waals surface area contributed by atoms with Gasteiger partial charge in [-0.3, -0.25) is 14.9 Å². The van der Waals surface area contributed by atoms with Crippen molar-refractivity contribution in [1.29, 1.82) is 0 Å². The predicted octanol–water partition coefficient (Wildman–Crippen LogP) is 3.05. The molecule has 1 heterocycles. The number of pyridine rings is 1. The van der Waals surface area contributed by atoms with Crippen molar-refractivity contribution < 1.29 is 14.8 Å². The fourth-order valence-corrected chi connectivity index (χ4v) is 1.70. The van der Waals surface area contributed by atoms with E-state index in [0.717, 1.165) is 0 Å². The van der Waals surface area contributed by atoms with Crippen LogP contribution in [0.15, 0.2) is 16.7 Å². The fourth-order valence-electron chi connectivity index (χ4n) is 1.38. The summed E-state index contributed by atoms with van der Waals surface area (Å²) in [6.45, 7) is 6.42. The molecule has 110 valence electrons. The Morgan fingerprint density at radius 2 is 2.00 bits per heavy atom. The zero-order valence-electron chi connectivity index (χ0n) is 11.6. The minimum absolute atomic E-state index is 0.0394. The van der Waals surface area contributed by atoms with E-state index in [-0.39, 0.29) is 11.5 Å². The van der Waals surface area contributed by atoms with Crippen molar-refractivity contribution in [3.8, 4) is 0 Å². The molecule has 2 N–H and O–H groups in total. The molecule has 20 heavy (non-hydrogen) atoms. The van der Waals surface area contributed by atoms with E-state index in [9.17, 15) is 20.0 Å². The lowest BCUT2D eigenvalue weighted by molar-refractivity contribution is -0.384. The standard InChI is InChI=1S/C12H16BrN3O4/c1-11(2,10(17)18)12(3,4)15-9-8(16(19)20)5-7(13)6-14-9/h5-6H,1-4H3,(H,14,15)(H,17,18). The lowest BCUT2D eigenvalue weighted by Crippen LogP contribution is -2.50. The van der Waals surface area contributed by atoms with Crippen LogP contribution in [0.4, 0.5) is 11.5 Å². The van der Waals surface area contributed by atoms with Gasteiger partial charge in [0.25, 0.3) is 0 Å². The normalized spacial score (nSPS) is 12.1. The van der Waals surface area contributed by atoms with E-state index in [2.05, 4.69) is 26.2 Å². The van der Waals surface area contributed by atoms with Crippen LogP contribution in [-0.4, -0.2) is 26.5 Å². The summed E-state index contributed by atoms with van der Waals surface area (Å²) >= 11 is 3.12.